The van der Waals surface area contributed by atoms with Gasteiger partial charge in [-0.2, -0.15) is 0 Å². The van der Waals surface area contributed by atoms with Crippen molar-refractivity contribution in [1.82, 2.24) is 4.57 Å². The van der Waals surface area contributed by atoms with Gasteiger partial charge in [0, 0.05) is 16.5 Å². The Morgan fingerprint density at radius 2 is 0.970 bits per heavy atom. The number of rotatable bonds is 4. The van der Waals surface area contributed by atoms with Crippen molar-refractivity contribution < 1.29 is 0 Å². The topological polar surface area (TPSA) is 4.93 Å². The van der Waals surface area contributed by atoms with Crippen LogP contribution in [-0.4, -0.2) is 4.57 Å². The highest BCUT2D eigenvalue weighted by atomic mass is 15.0. The molecule has 0 unspecified atom stereocenters. The summed E-state index contributed by atoms with van der Waals surface area (Å²) in [5, 5.41) is 2.61. The first kappa shape index (κ1) is 19.6. The van der Waals surface area contributed by atoms with Crippen LogP contribution in [0.4, 0.5) is 0 Å². The molecule has 0 amide bonds. The summed E-state index contributed by atoms with van der Waals surface area (Å²) in [6, 6.07) is 43.8. The molecule has 0 bridgehead atoms. The summed E-state index contributed by atoms with van der Waals surface area (Å²) < 4.78 is 2.42. The standard InChI is InChI=1S/C32H25N/c1-2-23-19-21-26(22-20-23)33-29-17-9-15-27(24-11-5-3-6-12-24)31(29)32-28(16-10-18-30(32)33)25-13-7-4-8-14-25/h3-22H,2H2,1H3. The monoisotopic (exact) mass is 423 g/mol. The first-order chi connectivity index (χ1) is 16.3. The fourth-order valence-corrected chi connectivity index (χ4v) is 4.98. The van der Waals surface area contributed by atoms with Crippen LogP contribution in [0.5, 0.6) is 0 Å². The predicted molar refractivity (Wildman–Crippen MR) is 141 cm³/mol. The second kappa shape index (κ2) is 8.11. The maximum atomic E-state index is 2.42. The Kier molecular flexibility index (Phi) is 4.81. The van der Waals surface area contributed by atoms with Crippen molar-refractivity contribution in [2.75, 3.05) is 0 Å². The lowest BCUT2D eigenvalue weighted by atomic mass is 9.95. The SMILES string of the molecule is CCc1ccc(-n2c3cccc(-c4ccccc4)c3c3c(-c4ccccc4)cccc32)cc1. The van der Waals surface area contributed by atoms with E-state index in [1.54, 1.807) is 0 Å². The summed E-state index contributed by atoms with van der Waals surface area (Å²) in [5.74, 6) is 0. The Balaban J connectivity index is 1.78. The number of hydrogen-bond acceptors (Lipinski definition) is 0. The lowest BCUT2D eigenvalue weighted by Gasteiger charge is -2.09. The van der Waals surface area contributed by atoms with E-state index in [4.69, 9.17) is 0 Å². The van der Waals surface area contributed by atoms with E-state index in [9.17, 15) is 0 Å². The zero-order valence-corrected chi connectivity index (χ0v) is 18.7. The molecule has 0 aliphatic rings. The van der Waals surface area contributed by atoms with E-state index < -0.39 is 0 Å². The van der Waals surface area contributed by atoms with E-state index in [1.807, 2.05) is 0 Å². The molecule has 1 heteroatoms. The van der Waals surface area contributed by atoms with Gasteiger partial charge in [0.2, 0.25) is 0 Å². The van der Waals surface area contributed by atoms with Crippen molar-refractivity contribution >= 4 is 21.8 Å². The van der Waals surface area contributed by atoms with Gasteiger partial charge in [-0.05, 0) is 58.5 Å². The fraction of sp³-hybridized carbons (Fsp3) is 0.0625. The molecule has 0 atom stereocenters. The van der Waals surface area contributed by atoms with Gasteiger partial charge >= 0.3 is 0 Å². The Hall–Kier alpha value is -4.10. The molecule has 0 saturated heterocycles. The van der Waals surface area contributed by atoms with Gasteiger partial charge in [0.1, 0.15) is 0 Å². The van der Waals surface area contributed by atoms with Crippen molar-refractivity contribution in [3.8, 4) is 27.9 Å². The zero-order valence-electron chi connectivity index (χ0n) is 18.7. The molecule has 158 valence electrons. The van der Waals surface area contributed by atoms with Crippen LogP contribution in [0.3, 0.4) is 0 Å². The van der Waals surface area contributed by atoms with Gasteiger partial charge in [0.05, 0.1) is 11.0 Å². The summed E-state index contributed by atoms with van der Waals surface area (Å²) in [6.45, 7) is 2.20. The first-order valence-electron chi connectivity index (χ1n) is 11.6. The molecule has 0 fully saturated rings. The maximum absolute atomic E-state index is 2.42. The zero-order chi connectivity index (χ0) is 22.2. The quantitative estimate of drug-likeness (QED) is 0.267. The van der Waals surface area contributed by atoms with Crippen LogP contribution in [0.1, 0.15) is 12.5 Å². The second-order valence-electron chi connectivity index (χ2n) is 8.49. The van der Waals surface area contributed by atoms with Gasteiger partial charge in [-0.3, -0.25) is 0 Å². The molecule has 0 N–H and O–H groups in total. The van der Waals surface area contributed by atoms with Crippen LogP contribution in [0.15, 0.2) is 121 Å². The van der Waals surface area contributed by atoms with Crippen LogP contribution < -0.4 is 0 Å². The Bertz CT molecular complexity index is 1460. The van der Waals surface area contributed by atoms with Crippen LogP contribution in [0.2, 0.25) is 0 Å². The molecule has 0 spiro atoms. The van der Waals surface area contributed by atoms with Gasteiger partial charge in [-0.15, -0.1) is 0 Å². The average Bonchev–Trinajstić information content (AvgIpc) is 3.24. The van der Waals surface area contributed by atoms with E-state index in [0.717, 1.165) is 6.42 Å². The van der Waals surface area contributed by atoms with E-state index in [-0.39, 0.29) is 0 Å². The van der Waals surface area contributed by atoms with Crippen LogP contribution in [0, 0.1) is 0 Å². The molecule has 1 heterocycles. The Labute approximate surface area is 194 Å². The van der Waals surface area contributed by atoms with Gasteiger partial charge in [-0.25, -0.2) is 0 Å². The molecule has 0 radical (unpaired) electrons. The minimum atomic E-state index is 1.05. The maximum Gasteiger partial charge on any atom is 0.0547 e. The van der Waals surface area contributed by atoms with Crippen molar-refractivity contribution in [3.05, 3.63) is 127 Å². The molecule has 0 saturated carbocycles. The van der Waals surface area contributed by atoms with Crippen molar-refractivity contribution in [2.45, 2.75) is 13.3 Å². The van der Waals surface area contributed by atoms with Gasteiger partial charge in [0.15, 0.2) is 0 Å². The number of fused-ring (bicyclic) bond motifs is 3. The molecule has 0 aliphatic carbocycles. The lowest BCUT2D eigenvalue weighted by molar-refractivity contribution is 1.12. The highest BCUT2D eigenvalue weighted by Gasteiger charge is 2.19. The molecule has 6 aromatic rings. The summed E-state index contributed by atoms with van der Waals surface area (Å²) in [5.41, 5.74) is 10.0. The summed E-state index contributed by atoms with van der Waals surface area (Å²) in [4.78, 5) is 0. The predicted octanol–water partition coefficient (Wildman–Crippen LogP) is 8.68. The molecule has 6 rings (SSSR count). The largest absolute Gasteiger partial charge is 0.309 e. The van der Waals surface area contributed by atoms with Crippen LogP contribution >= 0.6 is 0 Å². The molecular formula is C32H25N. The van der Waals surface area contributed by atoms with E-state index in [0.29, 0.717) is 0 Å². The van der Waals surface area contributed by atoms with Crippen molar-refractivity contribution in [2.24, 2.45) is 0 Å². The smallest absolute Gasteiger partial charge is 0.0547 e. The molecule has 5 aromatic carbocycles. The highest BCUT2D eigenvalue weighted by molar-refractivity contribution is 6.20. The summed E-state index contributed by atoms with van der Waals surface area (Å²) in [7, 11) is 0. The lowest BCUT2D eigenvalue weighted by Crippen LogP contribution is -1.94. The molecular weight excluding hydrogens is 398 g/mol. The fourth-order valence-electron chi connectivity index (χ4n) is 4.98. The Morgan fingerprint density at radius 1 is 0.485 bits per heavy atom. The molecule has 1 nitrogen and oxygen atoms in total. The first-order valence-corrected chi connectivity index (χ1v) is 11.6. The number of hydrogen-bond donors (Lipinski definition) is 0. The average molecular weight is 424 g/mol. The minimum Gasteiger partial charge on any atom is -0.309 e. The number of aryl methyl sites for hydroxylation is 1. The van der Waals surface area contributed by atoms with Gasteiger partial charge < -0.3 is 4.57 Å². The highest BCUT2D eigenvalue weighted by Crippen LogP contribution is 2.42. The third kappa shape index (κ3) is 3.25. The third-order valence-corrected chi connectivity index (χ3v) is 6.59. The molecule has 1 aromatic heterocycles. The Morgan fingerprint density at radius 3 is 1.42 bits per heavy atom. The minimum absolute atomic E-state index is 1.05. The van der Waals surface area contributed by atoms with Gasteiger partial charge in [-0.1, -0.05) is 104 Å². The normalized spacial score (nSPS) is 11.3. The van der Waals surface area contributed by atoms with Crippen molar-refractivity contribution in [3.63, 3.8) is 0 Å². The number of nitrogens with zero attached hydrogens (tertiary/aromatic N) is 1. The second-order valence-corrected chi connectivity index (χ2v) is 8.49. The van der Waals surface area contributed by atoms with Crippen LogP contribution in [0.25, 0.3) is 49.7 Å². The molecule has 0 aliphatic heterocycles. The van der Waals surface area contributed by atoms with Crippen LogP contribution in [-0.2, 0) is 6.42 Å². The van der Waals surface area contributed by atoms with Crippen molar-refractivity contribution in [1.29, 1.82) is 0 Å². The summed E-state index contributed by atoms with van der Waals surface area (Å²) in [6.07, 6.45) is 1.05. The number of aromatic nitrogens is 1. The molecule has 33 heavy (non-hydrogen) atoms. The summed E-state index contributed by atoms with van der Waals surface area (Å²) >= 11 is 0. The van der Waals surface area contributed by atoms with E-state index in [1.165, 1.54) is 55.3 Å². The number of benzene rings is 5. The van der Waals surface area contributed by atoms with E-state index >= 15 is 0 Å². The third-order valence-electron chi connectivity index (χ3n) is 6.59. The van der Waals surface area contributed by atoms with Gasteiger partial charge in [0.25, 0.3) is 0 Å². The van der Waals surface area contributed by atoms with E-state index in [2.05, 4.69) is 133 Å².